The summed E-state index contributed by atoms with van der Waals surface area (Å²) < 4.78 is 16.0. The van der Waals surface area contributed by atoms with Gasteiger partial charge in [-0.05, 0) is 43.8 Å². The Balaban J connectivity index is 1.57. The number of piperidine rings is 1. The van der Waals surface area contributed by atoms with E-state index in [-0.39, 0.29) is 6.04 Å². The van der Waals surface area contributed by atoms with Gasteiger partial charge in [0, 0.05) is 60.4 Å². The average Bonchev–Trinajstić information content (AvgIpc) is 3.32. The summed E-state index contributed by atoms with van der Waals surface area (Å²) in [7, 11) is 3.63. The Morgan fingerprint density at radius 1 is 1.23 bits per heavy atom. The van der Waals surface area contributed by atoms with Gasteiger partial charge in [0.1, 0.15) is 18.3 Å². The number of likely N-dealkylation sites (tertiary alicyclic amines) is 1. The van der Waals surface area contributed by atoms with Crippen LogP contribution in [0.2, 0.25) is 0 Å². The first-order valence-corrected chi connectivity index (χ1v) is 12.3. The van der Waals surface area contributed by atoms with Crippen LogP contribution in [0, 0.1) is 0 Å². The van der Waals surface area contributed by atoms with Crippen LogP contribution in [0.5, 0.6) is 0 Å². The van der Waals surface area contributed by atoms with Gasteiger partial charge in [-0.3, -0.25) is 4.99 Å². The van der Waals surface area contributed by atoms with Crippen LogP contribution < -0.4 is 16.4 Å². The van der Waals surface area contributed by atoms with Gasteiger partial charge in [-0.2, -0.15) is 0 Å². The number of nitrogens with two attached hydrogens (primary N) is 1. The molecule has 0 saturated carbocycles. The smallest absolute Gasteiger partial charge is 0.141 e. The summed E-state index contributed by atoms with van der Waals surface area (Å²) in [6.45, 7) is 1.22. The Labute approximate surface area is 206 Å². The molecule has 1 fully saturated rings. The molecule has 1 aliphatic heterocycles. The van der Waals surface area contributed by atoms with Crippen molar-refractivity contribution in [3.05, 3.63) is 53.9 Å². The molecule has 180 valence electrons. The third-order valence-electron chi connectivity index (χ3n) is 6.21. The zero-order chi connectivity index (χ0) is 24.4. The number of rotatable bonds is 6. The number of hydrogen-bond acceptors (Lipinski definition) is 9. The van der Waals surface area contributed by atoms with Crippen LogP contribution in [0.4, 0.5) is 21.6 Å². The first kappa shape index (κ1) is 23.1. The number of benzene rings is 2. The minimum Gasteiger partial charge on any atom is -0.404 e. The molecule has 0 radical (unpaired) electrons. The molecule has 4 aromatic rings. The van der Waals surface area contributed by atoms with Crippen molar-refractivity contribution >= 4 is 61.4 Å². The number of aromatic nitrogens is 3. The van der Waals surface area contributed by atoms with Crippen LogP contribution in [0.3, 0.4) is 0 Å². The van der Waals surface area contributed by atoms with Crippen LogP contribution in [-0.4, -0.2) is 65.5 Å². The first-order chi connectivity index (χ1) is 17.1. The van der Waals surface area contributed by atoms with E-state index >= 15 is 0 Å². The zero-order valence-corrected chi connectivity index (χ0v) is 20.4. The van der Waals surface area contributed by atoms with E-state index in [2.05, 4.69) is 30.6 Å². The molecule has 4 N–H and O–H groups in total. The van der Waals surface area contributed by atoms with Gasteiger partial charge in [0.2, 0.25) is 0 Å². The molecule has 1 aliphatic rings. The van der Waals surface area contributed by atoms with Crippen molar-refractivity contribution in [3.8, 4) is 0 Å². The van der Waals surface area contributed by atoms with Crippen molar-refractivity contribution in [3.63, 3.8) is 0 Å². The molecule has 0 amide bonds. The van der Waals surface area contributed by atoms with Gasteiger partial charge in [0.25, 0.3) is 0 Å². The van der Waals surface area contributed by atoms with E-state index in [0.717, 1.165) is 50.2 Å². The van der Waals surface area contributed by atoms with Crippen molar-refractivity contribution in [2.24, 2.45) is 10.7 Å². The average molecular weight is 491 g/mol. The van der Waals surface area contributed by atoms with E-state index in [1.165, 1.54) is 12.5 Å². The summed E-state index contributed by atoms with van der Waals surface area (Å²) in [5.74, 6) is 0.663. The Bertz CT molecular complexity index is 1420. The highest BCUT2D eigenvalue weighted by atomic mass is 32.1. The maximum atomic E-state index is 14.9. The summed E-state index contributed by atoms with van der Waals surface area (Å²) >= 11 is 1.59. The van der Waals surface area contributed by atoms with Crippen LogP contribution in [0.1, 0.15) is 12.0 Å². The van der Waals surface area contributed by atoms with Gasteiger partial charge in [0.15, 0.2) is 0 Å². The highest BCUT2D eigenvalue weighted by Crippen LogP contribution is 2.34. The third-order valence-corrected chi connectivity index (χ3v) is 7.00. The van der Waals surface area contributed by atoms with E-state index in [4.69, 9.17) is 5.73 Å². The molecule has 0 unspecified atom stereocenters. The number of aliphatic imine (C=N–C) groups is 1. The summed E-state index contributed by atoms with van der Waals surface area (Å²) in [5, 5.41) is 7.68. The quantitative estimate of drug-likeness (QED) is 0.343. The highest BCUT2D eigenvalue weighted by molar-refractivity contribution is 7.16. The van der Waals surface area contributed by atoms with Gasteiger partial charge >= 0.3 is 0 Å². The van der Waals surface area contributed by atoms with Gasteiger partial charge < -0.3 is 21.3 Å². The number of alkyl halides is 1. The third kappa shape index (κ3) is 4.80. The van der Waals surface area contributed by atoms with Gasteiger partial charge in [0.05, 0.1) is 27.3 Å². The first-order valence-electron chi connectivity index (χ1n) is 11.4. The minimum absolute atomic E-state index is 0.310. The zero-order valence-electron chi connectivity index (χ0n) is 19.6. The second-order valence-electron chi connectivity index (χ2n) is 8.62. The lowest BCUT2D eigenvalue weighted by atomic mass is 9.99. The molecule has 8 nitrogen and oxygen atoms in total. The van der Waals surface area contributed by atoms with Crippen LogP contribution in [0.25, 0.3) is 26.7 Å². The van der Waals surface area contributed by atoms with Crippen molar-refractivity contribution < 1.29 is 4.39 Å². The van der Waals surface area contributed by atoms with Crippen molar-refractivity contribution in [2.75, 3.05) is 37.8 Å². The second-order valence-corrected chi connectivity index (χ2v) is 9.51. The fourth-order valence-corrected chi connectivity index (χ4v) is 5.11. The molecule has 5 rings (SSSR count). The summed E-state index contributed by atoms with van der Waals surface area (Å²) in [4.78, 5) is 19.5. The van der Waals surface area contributed by atoms with Gasteiger partial charge in [-0.25, -0.2) is 19.3 Å². The topological polar surface area (TPSA) is 104 Å². The fraction of sp³-hybridized carbons (Fsp3) is 0.280. The molecule has 2 aromatic heterocycles. The SMILES string of the molecule is CN=C/C(=C\N)c1cc2ncnc(Nc3ccc4ncsc4c3)c2cc1N[C@@H]1CCN(C)C[C@H]1F. The number of thiazole rings is 1. The van der Waals surface area contributed by atoms with Crippen molar-refractivity contribution in [1.29, 1.82) is 0 Å². The number of anilines is 3. The Morgan fingerprint density at radius 2 is 2.11 bits per heavy atom. The van der Waals surface area contributed by atoms with Gasteiger partial charge in [-0.15, -0.1) is 11.3 Å². The lowest BCUT2D eigenvalue weighted by Crippen LogP contribution is -2.46. The Hall–Kier alpha value is -3.63. The maximum absolute atomic E-state index is 14.9. The molecule has 3 heterocycles. The molecule has 35 heavy (non-hydrogen) atoms. The summed E-state index contributed by atoms with van der Waals surface area (Å²) in [6, 6.07) is 9.60. The van der Waals surface area contributed by atoms with E-state index in [1.807, 2.05) is 47.8 Å². The van der Waals surface area contributed by atoms with E-state index in [1.54, 1.807) is 24.6 Å². The normalized spacial score (nSPS) is 19.6. The standard InChI is InChI=1S/C25H27FN8S/c1-28-11-15(10-27)17-8-22-18(9-23(17)33-20-5-6-34(2)12-19(20)26)25(30-13-29-22)32-16-3-4-21-24(7-16)35-14-31-21/h3-4,7-11,13-14,19-20,33H,5-6,12,27H2,1-2H3,(H,29,30,32)/b15-10+,28-11?/t19-,20-/m1/s1. The summed E-state index contributed by atoms with van der Waals surface area (Å²) in [5.41, 5.74) is 12.7. The predicted octanol–water partition coefficient (Wildman–Crippen LogP) is 4.44. The van der Waals surface area contributed by atoms with E-state index < -0.39 is 6.17 Å². The number of hydrogen-bond donors (Lipinski definition) is 3. The molecular weight excluding hydrogens is 463 g/mol. The van der Waals surface area contributed by atoms with Gasteiger partial charge in [-0.1, -0.05) is 0 Å². The fourth-order valence-electron chi connectivity index (χ4n) is 4.39. The lowest BCUT2D eigenvalue weighted by Gasteiger charge is -2.34. The summed E-state index contributed by atoms with van der Waals surface area (Å²) in [6.07, 6.45) is 4.44. The molecule has 1 saturated heterocycles. The molecule has 0 spiro atoms. The molecule has 2 aromatic carbocycles. The van der Waals surface area contributed by atoms with E-state index in [9.17, 15) is 4.39 Å². The number of allylic oxidation sites excluding steroid dienone is 1. The largest absolute Gasteiger partial charge is 0.404 e. The molecule has 2 atom stereocenters. The monoisotopic (exact) mass is 490 g/mol. The molecule has 0 bridgehead atoms. The lowest BCUT2D eigenvalue weighted by molar-refractivity contribution is 0.149. The molecule has 0 aliphatic carbocycles. The van der Waals surface area contributed by atoms with Crippen LogP contribution in [0.15, 0.2) is 53.4 Å². The number of nitrogens with zero attached hydrogens (tertiary/aromatic N) is 5. The molecular formula is C25H27FN8S. The van der Waals surface area contributed by atoms with E-state index in [0.29, 0.717) is 18.8 Å². The van der Waals surface area contributed by atoms with Crippen LogP contribution >= 0.6 is 11.3 Å². The number of nitrogens with one attached hydrogen (secondary N) is 2. The number of fused-ring (bicyclic) bond motifs is 2. The maximum Gasteiger partial charge on any atom is 0.141 e. The minimum atomic E-state index is -0.988. The predicted molar refractivity (Wildman–Crippen MR) is 143 cm³/mol. The second kappa shape index (κ2) is 9.93. The van der Waals surface area contributed by atoms with Crippen molar-refractivity contribution in [2.45, 2.75) is 18.6 Å². The van der Waals surface area contributed by atoms with Crippen LogP contribution in [-0.2, 0) is 0 Å². The number of halogens is 1. The molecule has 10 heteroatoms. The Kier molecular flexibility index (Phi) is 6.56. The Morgan fingerprint density at radius 3 is 2.91 bits per heavy atom. The van der Waals surface area contributed by atoms with Crippen molar-refractivity contribution in [1.82, 2.24) is 19.9 Å². The highest BCUT2D eigenvalue weighted by Gasteiger charge is 2.28.